The molecule has 0 aliphatic rings. The second kappa shape index (κ2) is 9.30. The molecule has 0 spiro atoms. The van der Waals surface area contributed by atoms with Crippen molar-refractivity contribution in [3.05, 3.63) is 53.6 Å². The van der Waals surface area contributed by atoms with Crippen molar-refractivity contribution in [3.63, 3.8) is 0 Å². The average molecular weight is 345 g/mol. The van der Waals surface area contributed by atoms with Crippen molar-refractivity contribution in [3.8, 4) is 17.2 Å². The van der Waals surface area contributed by atoms with E-state index in [4.69, 9.17) is 14.2 Å². The minimum Gasteiger partial charge on any atom is -0.497 e. The Morgan fingerprint density at radius 2 is 1.72 bits per heavy atom. The average Bonchev–Trinajstić information content (AvgIpc) is 2.65. The topological polar surface area (TPSA) is 60.0 Å². The Labute approximate surface area is 149 Å². The molecule has 136 valence electrons. The van der Waals surface area contributed by atoms with Crippen molar-refractivity contribution in [1.82, 2.24) is 5.32 Å². The first-order chi connectivity index (χ1) is 12.1. The molecule has 0 aliphatic heterocycles. The van der Waals surface area contributed by atoms with E-state index in [0.717, 1.165) is 34.8 Å². The van der Waals surface area contributed by atoms with Crippen LogP contribution in [0.2, 0.25) is 0 Å². The SMILES string of the molecule is COc1cccc([C@@H](O)CN[C@H](C)Cc2ccc(OC)c(OC)c2)c1. The predicted octanol–water partition coefficient (Wildman–Crippen LogP) is 2.97. The van der Waals surface area contributed by atoms with Crippen LogP contribution < -0.4 is 19.5 Å². The number of rotatable bonds is 9. The Morgan fingerprint density at radius 1 is 0.960 bits per heavy atom. The van der Waals surface area contributed by atoms with Crippen LogP contribution in [0.1, 0.15) is 24.2 Å². The van der Waals surface area contributed by atoms with Crippen LogP contribution in [-0.4, -0.2) is 39.0 Å². The summed E-state index contributed by atoms with van der Waals surface area (Å²) in [5, 5.41) is 13.7. The van der Waals surface area contributed by atoms with Gasteiger partial charge in [0.2, 0.25) is 0 Å². The molecule has 2 N–H and O–H groups in total. The molecule has 2 atom stereocenters. The fourth-order valence-electron chi connectivity index (χ4n) is 2.71. The third-order valence-corrected chi connectivity index (χ3v) is 4.13. The highest BCUT2D eigenvalue weighted by Gasteiger charge is 2.12. The summed E-state index contributed by atoms with van der Waals surface area (Å²) in [7, 11) is 4.88. The summed E-state index contributed by atoms with van der Waals surface area (Å²) >= 11 is 0. The van der Waals surface area contributed by atoms with E-state index in [1.807, 2.05) is 42.5 Å². The molecule has 0 fully saturated rings. The lowest BCUT2D eigenvalue weighted by Gasteiger charge is -2.18. The van der Waals surface area contributed by atoms with E-state index in [0.29, 0.717) is 6.54 Å². The zero-order valence-electron chi connectivity index (χ0n) is 15.3. The van der Waals surface area contributed by atoms with Gasteiger partial charge in [0.15, 0.2) is 11.5 Å². The molecule has 5 nitrogen and oxygen atoms in total. The zero-order chi connectivity index (χ0) is 18.2. The molecular formula is C20H27NO4. The lowest BCUT2D eigenvalue weighted by molar-refractivity contribution is 0.170. The van der Waals surface area contributed by atoms with Crippen molar-refractivity contribution < 1.29 is 19.3 Å². The molecule has 0 saturated carbocycles. The van der Waals surface area contributed by atoms with Crippen LogP contribution in [0, 0.1) is 0 Å². The van der Waals surface area contributed by atoms with Gasteiger partial charge >= 0.3 is 0 Å². The molecule has 2 aromatic rings. The molecule has 2 rings (SSSR count). The summed E-state index contributed by atoms with van der Waals surface area (Å²) in [5.41, 5.74) is 1.98. The minimum absolute atomic E-state index is 0.207. The highest BCUT2D eigenvalue weighted by Crippen LogP contribution is 2.28. The Hall–Kier alpha value is -2.24. The van der Waals surface area contributed by atoms with E-state index < -0.39 is 6.10 Å². The molecule has 0 heterocycles. The van der Waals surface area contributed by atoms with E-state index in [-0.39, 0.29) is 6.04 Å². The quantitative estimate of drug-likeness (QED) is 0.732. The van der Waals surface area contributed by atoms with Gasteiger partial charge in [-0.15, -0.1) is 0 Å². The number of ether oxygens (including phenoxy) is 3. The van der Waals surface area contributed by atoms with Gasteiger partial charge in [0.1, 0.15) is 5.75 Å². The van der Waals surface area contributed by atoms with Crippen molar-refractivity contribution in [2.45, 2.75) is 25.5 Å². The Morgan fingerprint density at radius 3 is 2.40 bits per heavy atom. The van der Waals surface area contributed by atoms with Crippen molar-refractivity contribution >= 4 is 0 Å². The normalized spacial score (nSPS) is 13.2. The van der Waals surface area contributed by atoms with Gasteiger partial charge in [-0.1, -0.05) is 18.2 Å². The lowest BCUT2D eigenvalue weighted by atomic mass is 10.1. The van der Waals surface area contributed by atoms with Crippen molar-refractivity contribution in [2.24, 2.45) is 0 Å². The summed E-state index contributed by atoms with van der Waals surface area (Å²) in [6.07, 6.45) is 0.244. The summed E-state index contributed by atoms with van der Waals surface area (Å²) in [4.78, 5) is 0. The summed E-state index contributed by atoms with van der Waals surface area (Å²) in [6.45, 7) is 2.57. The molecule has 0 bridgehead atoms. The second-order valence-electron chi connectivity index (χ2n) is 6.00. The van der Waals surface area contributed by atoms with Gasteiger partial charge in [-0.2, -0.15) is 0 Å². The smallest absolute Gasteiger partial charge is 0.160 e. The highest BCUT2D eigenvalue weighted by atomic mass is 16.5. The first-order valence-electron chi connectivity index (χ1n) is 8.33. The van der Waals surface area contributed by atoms with Crippen LogP contribution in [0.15, 0.2) is 42.5 Å². The van der Waals surface area contributed by atoms with Crippen LogP contribution in [0.3, 0.4) is 0 Å². The third-order valence-electron chi connectivity index (χ3n) is 4.13. The van der Waals surface area contributed by atoms with Crippen LogP contribution in [0.5, 0.6) is 17.2 Å². The van der Waals surface area contributed by atoms with Crippen molar-refractivity contribution in [1.29, 1.82) is 0 Å². The fraction of sp³-hybridized carbons (Fsp3) is 0.400. The number of methoxy groups -OCH3 is 3. The van der Waals surface area contributed by atoms with Gasteiger partial charge in [-0.25, -0.2) is 0 Å². The minimum atomic E-state index is -0.581. The first-order valence-corrected chi connectivity index (χ1v) is 8.33. The number of hydrogen-bond acceptors (Lipinski definition) is 5. The standard InChI is InChI=1S/C20H27NO4/c1-14(10-15-8-9-19(24-3)20(11-15)25-4)21-13-18(22)16-6-5-7-17(12-16)23-2/h5-9,11-12,14,18,21-22H,10,13H2,1-4H3/t14-,18+/m1/s1. The van der Waals surface area contributed by atoms with E-state index in [1.54, 1.807) is 21.3 Å². The first kappa shape index (κ1) is 19.1. The van der Waals surface area contributed by atoms with Crippen LogP contribution in [-0.2, 0) is 6.42 Å². The predicted molar refractivity (Wildman–Crippen MR) is 98.7 cm³/mol. The molecule has 0 aromatic heterocycles. The maximum Gasteiger partial charge on any atom is 0.160 e. The number of hydrogen-bond donors (Lipinski definition) is 2. The van der Waals surface area contributed by atoms with E-state index in [1.165, 1.54) is 0 Å². The molecule has 0 amide bonds. The largest absolute Gasteiger partial charge is 0.497 e. The lowest BCUT2D eigenvalue weighted by Crippen LogP contribution is -2.32. The second-order valence-corrected chi connectivity index (χ2v) is 6.00. The van der Waals surface area contributed by atoms with Gasteiger partial charge in [-0.3, -0.25) is 0 Å². The number of nitrogens with one attached hydrogen (secondary N) is 1. The van der Waals surface area contributed by atoms with E-state index in [2.05, 4.69) is 12.2 Å². The molecule has 25 heavy (non-hydrogen) atoms. The molecule has 0 unspecified atom stereocenters. The van der Waals surface area contributed by atoms with Crippen LogP contribution in [0.25, 0.3) is 0 Å². The van der Waals surface area contributed by atoms with Gasteiger partial charge < -0.3 is 24.6 Å². The Bertz CT molecular complexity index is 674. The summed E-state index contributed by atoms with van der Waals surface area (Å²) in [5.74, 6) is 2.19. The van der Waals surface area contributed by atoms with E-state index in [9.17, 15) is 5.11 Å². The highest BCUT2D eigenvalue weighted by molar-refractivity contribution is 5.43. The molecular weight excluding hydrogens is 318 g/mol. The molecule has 0 radical (unpaired) electrons. The summed E-state index contributed by atoms with van der Waals surface area (Å²) in [6, 6.07) is 13.6. The molecule has 2 aromatic carbocycles. The van der Waals surface area contributed by atoms with Crippen molar-refractivity contribution in [2.75, 3.05) is 27.9 Å². The van der Waals surface area contributed by atoms with Gasteiger partial charge in [0, 0.05) is 12.6 Å². The molecule has 0 aliphatic carbocycles. The molecule has 0 saturated heterocycles. The van der Waals surface area contributed by atoms with Gasteiger partial charge in [0.05, 0.1) is 27.4 Å². The van der Waals surface area contributed by atoms with E-state index >= 15 is 0 Å². The third kappa shape index (κ3) is 5.37. The van der Waals surface area contributed by atoms with Gasteiger partial charge in [0.25, 0.3) is 0 Å². The zero-order valence-corrected chi connectivity index (χ0v) is 15.3. The summed E-state index contributed by atoms with van der Waals surface area (Å²) < 4.78 is 15.8. The number of aliphatic hydroxyl groups is 1. The Balaban J connectivity index is 1.90. The fourth-order valence-corrected chi connectivity index (χ4v) is 2.71. The molecule has 5 heteroatoms. The number of benzene rings is 2. The van der Waals surface area contributed by atoms with Crippen LogP contribution in [0.4, 0.5) is 0 Å². The monoisotopic (exact) mass is 345 g/mol. The van der Waals surface area contributed by atoms with Crippen LogP contribution >= 0.6 is 0 Å². The van der Waals surface area contributed by atoms with Gasteiger partial charge in [-0.05, 0) is 48.7 Å². The Kier molecular flexibility index (Phi) is 7.10. The maximum absolute atomic E-state index is 10.4. The maximum atomic E-state index is 10.4. The number of aliphatic hydroxyl groups excluding tert-OH is 1.